The molecule has 3 aromatic carbocycles. The molecule has 4 aromatic rings. The standard InChI is InChI=1S/C24H17Cl2NO3/c25-17-8-6-15(7-9-17)12-27-13-20-23-19(10-21(26)24(20)29-14-27)18(11-22(28)30-23)16-4-2-1-3-5-16/h1-11H,12-14H2. The first kappa shape index (κ1) is 19.2. The van der Waals surface area contributed by atoms with Crippen molar-refractivity contribution < 1.29 is 9.15 Å². The normalized spacial score (nSPS) is 13.8. The molecule has 0 radical (unpaired) electrons. The molecule has 1 aliphatic rings. The van der Waals surface area contributed by atoms with Gasteiger partial charge in [-0.25, -0.2) is 4.79 Å². The summed E-state index contributed by atoms with van der Waals surface area (Å²) >= 11 is 12.6. The fourth-order valence-electron chi connectivity index (χ4n) is 3.84. The summed E-state index contributed by atoms with van der Waals surface area (Å²) in [6, 6.07) is 20.8. The summed E-state index contributed by atoms with van der Waals surface area (Å²) in [6.45, 7) is 1.62. The van der Waals surface area contributed by atoms with E-state index in [0.29, 0.717) is 41.2 Å². The predicted molar refractivity (Wildman–Crippen MR) is 119 cm³/mol. The number of ether oxygens (including phenoxy) is 1. The monoisotopic (exact) mass is 437 g/mol. The van der Waals surface area contributed by atoms with Crippen LogP contribution in [0.4, 0.5) is 0 Å². The highest BCUT2D eigenvalue weighted by molar-refractivity contribution is 6.33. The van der Waals surface area contributed by atoms with Gasteiger partial charge in [0, 0.05) is 29.6 Å². The van der Waals surface area contributed by atoms with E-state index in [1.165, 1.54) is 6.07 Å². The van der Waals surface area contributed by atoms with Crippen molar-refractivity contribution in [2.75, 3.05) is 6.73 Å². The molecule has 0 amide bonds. The van der Waals surface area contributed by atoms with Crippen molar-refractivity contribution in [3.05, 3.63) is 98.3 Å². The Morgan fingerprint density at radius 1 is 0.967 bits per heavy atom. The lowest BCUT2D eigenvalue weighted by Gasteiger charge is -2.30. The highest BCUT2D eigenvalue weighted by atomic mass is 35.5. The number of fused-ring (bicyclic) bond motifs is 3. The van der Waals surface area contributed by atoms with Crippen molar-refractivity contribution in [3.8, 4) is 16.9 Å². The average Bonchev–Trinajstić information content (AvgIpc) is 2.76. The minimum absolute atomic E-state index is 0.392. The lowest BCUT2D eigenvalue weighted by molar-refractivity contribution is 0.0891. The Kier molecular flexibility index (Phi) is 4.99. The second kappa shape index (κ2) is 7.80. The van der Waals surface area contributed by atoms with Gasteiger partial charge in [-0.15, -0.1) is 0 Å². The number of halogens is 2. The molecule has 0 saturated heterocycles. The van der Waals surface area contributed by atoms with Crippen LogP contribution in [0.5, 0.6) is 5.75 Å². The van der Waals surface area contributed by atoms with E-state index in [1.807, 2.05) is 60.7 Å². The topological polar surface area (TPSA) is 42.7 Å². The van der Waals surface area contributed by atoms with Gasteiger partial charge < -0.3 is 9.15 Å². The van der Waals surface area contributed by atoms with E-state index in [1.54, 1.807) is 0 Å². The van der Waals surface area contributed by atoms with E-state index in [9.17, 15) is 4.79 Å². The van der Waals surface area contributed by atoms with Crippen LogP contribution in [0.1, 0.15) is 11.1 Å². The summed E-state index contributed by atoms with van der Waals surface area (Å²) in [7, 11) is 0. The SMILES string of the molecule is O=c1cc(-c2ccccc2)c2cc(Cl)c3c(c2o1)CN(Cc1ccc(Cl)cc1)CO3. The Bertz CT molecular complexity index is 1280. The first-order valence-electron chi connectivity index (χ1n) is 9.53. The van der Waals surface area contributed by atoms with E-state index in [2.05, 4.69) is 4.90 Å². The van der Waals surface area contributed by atoms with Crippen molar-refractivity contribution in [1.82, 2.24) is 4.90 Å². The van der Waals surface area contributed by atoms with Crippen LogP contribution < -0.4 is 10.4 Å². The lowest BCUT2D eigenvalue weighted by atomic mass is 9.99. The number of nitrogens with zero attached hydrogens (tertiary/aromatic N) is 1. The summed E-state index contributed by atoms with van der Waals surface area (Å²) < 4.78 is 11.6. The van der Waals surface area contributed by atoms with Crippen LogP contribution in [0, 0.1) is 0 Å². The van der Waals surface area contributed by atoms with Crippen LogP contribution in [0.2, 0.25) is 10.0 Å². The molecule has 0 N–H and O–H groups in total. The molecule has 1 aromatic heterocycles. The van der Waals surface area contributed by atoms with Gasteiger partial charge in [-0.1, -0.05) is 65.7 Å². The second-order valence-corrected chi connectivity index (χ2v) is 8.12. The first-order valence-corrected chi connectivity index (χ1v) is 10.3. The lowest BCUT2D eigenvalue weighted by Crippen LogP contribution is -2.31. The van der Waals surface area contributed by atoms with Crippen LogP contribution in [-0.4, -0.2) is 11.6 Å². The molecule has 1 aliphatic heterocycles. The van der Waals surface area contributed by atoms with Crippen LogP contribution in [0.3, 0.4) is 0 Å². The number of rotatable bonds is 3. The molecule has 2 heterocycles. The maximum absolute atomic E-state index is 12.4. The molecule has 0 unspecified atom stereocenters. The van der Waals surface area contributed by atoms with Crippen LogP contribution in [0.15, 0.2) is 75.9 Å². The summed E-state index contributed by atoms with van der Waals surface area (Å²) in [6.07, 6.45) is 0. The Morgan fingerprint density at radius 2 is 1.73 bits per heavy atom. The molecule has 0 saturated carbocycles. The number of hydrogen-bond donors (Lipinski definition) is 0. The highest BCUT2D eigenvalue weighted by Gasteiger charge is 2.25. The van der Waals surface area contributed by atoms with E-state index in [4.69, 9.17) is 32.4 Å². The highest BCUT2D eigenvalue weighted by Crippen LogP contribution is 2.41. The molecule has 0 aliphatic carbocycles. The van der Waals surface area contributed by atoms with Crippen molar-refractivity contribution in [2.45, 2.75) is 13.1 Å². The summed E-state index contributed by atoms with van der Waals surface area (Å²) in [5.41, 5.74) is 3.74. The van der Waals surface area contributed by atoms with Gasteiger partial charge in [0.25, 0.3) is 0 Å². The van der Waals surface area contributed by atoms with Crippen molar-refractivity contribution >= 4 is 34.2 Å². The van der Waals surface area contributed by atoms with Gasteiger partial charge in [-0.05, 0) is 34.9 Å². The van der Waals surface area contributed by atoms with E-state index < -0.39 is 5.63 Å². The molecule has 5 rings (SSSR count). The molecule has 30 heavy (non-hydrogen) atoms. The summed E-state index contributed by atoms with van der Waals surface area (Å²) in [5, 5.41) is 2.00. The molecule has 6 heteroatoms. The maximum atomic E-state index is 12.4. The van der Waals surface area contributed by atoms with Crippen molar-refractivity contribution in [1.29, 1.82) is 0 Å². The minimum Gasteiger partial charge on any atom is -0.476 e. The van der Waals surface area contributed by atoms with Gasteiger partial charge in [0.2, 0.25) is 0 Å². The van der Waals surface area contributed by atoms with Crippen LogP contribution >= 0.6 is 23.2 Å². The second-order valence-electron chi connectivity index (χ2n) is 7.27. The smallest absolute Gasteiger partial charge is 0.336 e. The van der Waals surface area contributed by atoms with Gasteiger partial charge in [-0.3, -0.25) is 4.90 Å². The third-order valence-electron chi connectivity index (χ3n) is 5.21. The predicted octanol–water partition coefficient (Wildman–Crippen LogP) is 6.12. The molecule has 0 fully saturated rings. The number of hydrogen-bond acceptors (Lipinski definition) is 4. The Morgan fingerprint density at radius 3 is 2.50 bits per heavy atom. The van der Waals surface area contributed by atoms with E-state index in [-0.39, 0.29) is 0 Å². The van der Waals surface area contributed by atoms with Crippen LogP contribution in [-0.2, 0) is 13.1 Å². The Hall–Kier alpha value is -2.79. The molecular formula is C24H17Cl2NO3. The third kappa shape index (κ3) is 3.58. The van der Waals surface area contributed by atoms with Gasteiger partial charge in [-0.2, -0.15) is 0 Å². The molecular weight excluding hydrogens is 421 g/mol. The van der Waals surface area contributed by atoms with Crippen LogP contribution in [0.25, 0.3) is 22.1 Å². The first-order chi connectivity index (χ1) is 14.6. The fourth-order valence-corrected chi connectivity index (χ4v) is 4.24. The largest absolute Gasteiger partial charge is 0.476 e. The maximum Gasteiger partial charge on any atom is 0.336 e. The zero-order valence-electron chi connectivity index (χ0n) is 15.9. The zero-order valence-corrected chi connectivity index (χ0v) is 17.4. The van der Waals surface area contributed by atoms with E-state index in [0.717, 1.165) is 27.6 Å². The Labute approximate surface area is 183 Å². The van der Waals surface area contributed by atoms with Gasteiger partial charge in [0.05, 0.1) is 10.6 Å². The average molecular weight is 438 g/mol. The van der Waals surface area contributed by atoms with E-state index >= 15 is 0 Å². The molecule has 0 bridgehead atoms. The Balaban J connectivity index is 1.60. The minimum atomic E-state index is -0.402. The zero-order chi connectivity index (χ0) is 20.7. The third-order valence-corrected chi connectivity index (χ3v) is 5.75. The molecule has 0 atom stereocenters. The quantitative estimate of drug-likeness (QED) is 0.362. The fraction of sp³-hybridized carbons (Fsp3) is 0.125. The van der Waals surface area contributed by atoms with Gasteiger partial charge in [0.1, 0.15) is 18.1 Å². The van der Waals surface area contributed by atoms with Crippen molar-refractivity contribution in [2.24, 2.45) is 0 Å². The molecule has 0 spiro atoms. The summed E-state index contributed by atoms with van der Waals surface area (Å²) in [5.74, 6) is 0.574. The molecule has 150 valence electrons. The molecule has 4 nitrogen and oxygen atoms in total. The number of benzene rings is 3. The van der Waals surface area contributed by atoms with Gasteiger partial charge in [0.15, 0.2) is 0 Å². The summed E-state index contributed by atoms with van der Waals surface area (Å²) in [4.78, 5) is 14.5. The van der Waals surface area contributed by atoms with Crippen molar-refractivity contribution in [3.63, 3.8) is 0 Å². The van der Waals surface area contributed by atoms with Gasteiger partial charge >= 0.3 is 5.63 Å².